The van der Waals surface area contributed by atoms with Crippen molar-refractivity contribution in [3.8, 4) is 5.75 Å². The van der Waals surface area contributed by atoms with Crippen molar-refractivity contribution in [2.45, 2.75) is 6.54 Å². The minimum Gasteiger partial charge on any atom is -0.488 e. The molecule has 0 bridgehead atoms. The smallest absolute Gasteiger partial charge is 0.266 e. The molecule has 0 N–H and O–H groups in total. The van der Waals surface area contributed by atoms with Crippen molar-refractivity contribution in [3.63, 3.8) is 0 Å². The van der Waals surface area contributed by atoms with E-state index in [0.29, 0.717) is 28.1 Å². The van der Waals surface area contributed by atoms with Gasteiger partial charge in [-0.05, 0) is 35.9 Å². The number of benzene rings is 1. The monoisotopic (exact) mass is 355 g/mol. The SMILES string of the molecule is O=C1C(=CC2=Cc3ccccc3OC2)SC(=S)N1Cc1ccco1. The first-order valence-corrected chi connectivity index (χ1v) is 8.63. The molecule has 1 saturated heterocycles. The van der Waals surface area contributed by atoms with Crippen molar-refractivity contribution in [2.75, 3.05) is 6.61 Å². The fourth-order valence-electron chi connectivity index (χ4n) is 2.58. The van der Waals surface area contributed by atoms with Crippen LogP contribution in [-0.2, 0) is 11.3 Å². The number of hydrogen-bond acceptors (Lipinski definition) is 5. The second-order valence-electron chi connectivity index (χ2n) is 5.39. The molecule has 6 heteroatoms. The van der Waals surface area contributed by atoms with E-state index in [9.17, 15) is 4.79 Å². The Labute approximate surface area is 148 Å². The van der Waals surface area contributed by atoms with Crippen LogP contribution in [0.2, 0.25) is 0 Å². The fraction of sp³-hybridized carbons (Fsp3) is 0.111. The van der Waals surface area contributed by atoms with Crippen LogP contribution < -0.4 is 4.74 Å². The van der Waals surface area contributed by atoms with Gasteiger partial charge in [0.15, 0.2) is 0 Å². The van der Waals surface area contributed by atoms with Gasteiger partial charge in [-0.25, -0.2) is 0 Å². The number of carbonyl (C=O) groups is 1. The zero-order valence-electron chi connectivity index (χ0n) is 12.6. The Kier molecular flexibility index (Phi) is 4.00. The zero-order valence-corrected chi connectivity index (χ0v) is 14.2. The molecule has 2 aliphatic heterocycles. The molecule has 2 aromatic rings. The first-order chi connectivity index (χ1) is 11.7. The Morgan fingerprint density at radius 1 is 1.25 bits per heavy atom. The van der Waals surface area contributed by atoms with E-state index < -0.39 is 0 Å². The first-order valence-electron chi connectivity index (χ1n) is 7.41. The highest BCUT2D eigenvalue weighted by Gasteiger charge is 2.32. The van der Waals surface area contributed by atoms with Gasteiger partial charge in [0.05, 0.1) is 17.7 Å². The number of amides is 1. The molecule has 2 aliphatic rings. The third-order valence-corrected chi connectivity index (χ3v) is 5.12. The second kappa shape index (κ2) is 6.30. The Balaban J connectivity index is 1.57. The Bertz CT molecular complexity index is 868. The van der Waals surface area contributed by atoms with Crippen molar-refractivity contribution >= 4 is 40.3 Å². The minimum atomic E-state index is -0.0961. The molecule has 0 atom stereocenters. The molecule has 0 unspecified atom stereocenters. The van der Waals surface area contributed by atoms with Crippen LogP contribution in [0.1, 0.15) is 11.3 Å². The van der Waals surface area contributed by atoms with E-state index in [1.165, 1.54) is 11.8 Å². The number of fused-ring (bicyclic) bond motifs is 1. The van der Waals surface area contributed by atoms with Gasteiger partial charge in [0.2, 0.25) is 0 Å². The molecule has 120 valence electrons. The lowest BCUT2D eigenvalue weighted by molar-refractivity contribution is -0.122. The summed E-state index contributed by atoms with van der Waals surface area (Å²) >= 11 is 6.64. The molecular weight excluding hydrogens is 342 g/mol. The number of para-hydroxylation sites is 1. The van der Waals surface area contributed by atoms with Crippen molar-refractivity contribution in [1.29, 1.82) is 0 Å². The van der Waals surface area contributed by atoms with Crippen LogP contribution in [0, 0.1) is 0 Å². The van der Waals surface area contributed by atoms with Crippen LogP contribution in [0.4, 0.5) is 0 Å². The molecule has 0 spiro atoms. The lowest BCUT2D eigenvalue weighted by Gasteiger charge is -2.16. The highest BCUT2D eigenvalue weighted by molar-refractivity contribution is 8.26. The van der Waals surface area contributed by atoms with Crippen LogP contribution in [0.5, 0.6) is 5.75 Å². The predicted molar refractivity (Wildman–Crippen MR) is 97.4 cm³/mol. The zero-order chi connectivity index (χ0) is 16.5. The van der Waals surface area contributed by atoms with Gasteiger partial charge in [0.1, 0.15) is 22.4 Å². The van der Waals surface area contributed by atoms with Gasteiger partial charge in [0, 0.05) is 5.56 Å². The normalized spacial score (nSPS) is 18.6. The fourth-order valence-corrected chi connectivity index (χ4v) is 3.85. The van der Waals surface area contributed by atoms with E-state index in [0.717, 1.165) is 16.9 Å². The number of furan rings is 1. The summed E-state index contributed by atoms with van der Waals surface area (Å²) in [6.07, 6.45) is 5.49. The maximum atomic E-state index is 12.6. The Morgan fingerprint density at radius 3 is 2.96 bits per heavy atom. The highest BCUT2D eigenvalue weighted by atomic mass is 32.2. The first kappa shape index (κ1) is 15.2. The highest BCUT2D eigenvalue weighted by Crippen LogP contribution is 2.34. The van der Waals surface area contributed by atoms with Gasteiger partial charge in [0.25, 0.3) is 5.91 Å². The third-order valence-electron chi connectivity index (χ3n) is 3.74. The summed E-state index contributed by atoms with van der Waals surface area (Å²) in [6.45, 7) is 0.798. The van der Waals surface area contributed by atoms with Crippen LogP contribution in [0.25, 0.3) is 6.08 Å². The van der Waals surface area contributed by atoms with Gasteiger partial charge in [-0.3, -0.25) is 9.69 Å². The number of thiocarbonyl (C=S) groups is 1. The number of rotatable bonds is 3. The molecule has 4 rings (SSSR count). The minimum absolute atomic E-state index is 0.0961. The molecule has 0 aliphatic carbocycles. The quantitative estimate of drug-likeness (QED) is 0.615. The van der Waals surface area contributed by atoms with Crippen LogP contribution in [-0.4, -0.2) is 21.7 Å². The van der Waals surface area contributed by atoms with E-state index in [-0.39, 0.29) is 5.91 Å². The number of hydrogen-bond donors (Lipinski definition) is 0. The third kappa shape index (κ3) is 2.90. The predicted octanol–water partition coefficient (Wildman–Crippen LogP) is 4.00. The summed E-state index contributed by atoms with van der Waals surface area (Å²) < 4.78 is 11.6. The van der Waals surface area contributed by atoms with Gasteiger partial charge in [-0.2, -0.15) is 0 Å². The van der Waals surface area contributed by atoms with E-state index in [2.05, 4.69) is 0 Å². The van der Waals surface area contributed by atoms with Gasteiger partial charge >= 0.3 is 0 Å². The largest absolute Gasteiger partial charge is 0.488 e. The standard InChI is InChI=1S/C18H13NO3S2/c20-17-16(24-18(23)19(17)10-14-5-3-7-21-14)9-12-8-13-4-1-2-6-15(13)22-11-12/h1-9H,10-11H2. The van der Waals surface area contributed by atoms with Gasteiger partial charge in [-0.1, -0.05) is 42.2 Å². The lowest BCUT2D eigenvalue weighted by atomic mass is 10.1. The van der Waals surface area contributed by atoms with Crippen LogP contribution in [0.15, 0.2) is 63.6 Å². The number of nitrogens with zero attached hydrogens (tertiary/aromatic N) is 1. The molecule has 24 heavy (non-hydrogen) atoms. The summed E-state index contributed by atoms with van der Waals surface area (Å²) in [6, 6.07) is 11.5. The maximum absolute atomic E-state index is 12.6. The number of ether oxygens (including phenoxy) is 1. The summed E-state index contributed by atoms with van der Waals surface area (Å²) in [5, 5.41) is 0. The number of carbonyl (C=O) groups excluding carboxylic acids is 1. The summed E-state index contributed by atoms with van der Waals surface area (Å²) in [7, 11) is 0. The summed E-state index contributed by atoms with van der Waals surface area (Å²) in [5.41, 5.74) is 1.97. The van der Waals surface area contributed by atoms with Crippen LogP contribution in [0.3, 0.4) is 0 Å². The lowest BCUT2D eigenvalue weighted by Crippen LogP contribution is -2.27. The van der Waals surface area contributed by atoms with E-state index in [4.69, 9.17) is 21.4 Å². The molecule has 1 aromatic heterocycles. The molecule has 1 aromatic carbocycles. The molecule has 1 amide bonds. The van der Waals surface area contributed by atoms with Crippen molar-refractivity contribution in [1.82, 2.24) is 4.90 Å². The summed E-state index contributed by atoms with van der Waals surface area (Å²) in [5.74, 6) is 1.47. The Hall–Kier alpha value is -2.31. The van der Waals surface area contributed by atoms with E-state index >= 15 is 0 Å². The van der Waals surface area contributed by atoms with E-state index in [1.807, 2.05) is 42.5 Å². The van der Waals surface area contributed by atoms with Crippen molar-refractivity contribution in [2.24, 2.45) is 0 Å². The molecule has 4 nitrogen and oxygen atoms in total. The molecule has 1 fully saturated rings. The number of thioether (sulfide) groups is 1. The average Bonchev–Trinajstić information content (AvgIpc) is 3.19. The van der Waals surface area contributed by atoms with Gasteiger partial charge in [-0.15, -0.1) is 0 Å². The summed E-state index contributed by atoms with van der Waals surface area (Å²) in [4.78, 5) is 14.8. The molecule has 3 heterocycles. The second-order valence-corrected chi connectivity index (χ2v) is 7.07. The van der Waals surface area contributed by atoms with Crippen LogP contribution >= 0.6 is 24.0 Å². The van der Waals surface area contributed by atoms with Crippen molar-refractivity contribution in [3.05, 3.63) is 70.5 Å². The molecule has 0 saturated carbocycles. The topological polar surface area (TPSA) is 42.7 Å². The molecular formula is C18H13NO3S2. The molecule has 0 radical (unpaired) electrons. The van der Waals surface area contributed by atoms with E-state index in [1.54, 1.807) is 17.2 Å². The maximum Gasteiger partial charge on any atom is 0.266 e. The van der Waals surface area contributed by atoms with Gasteiger partial charge < -0.3 is 9.15 Å². The Morgan fingerprint density at radius 2 is 2.12 bits per heavy atom. The average molecular weight is 355 g/mol. The van der Waals surface area contributed by atoms with Crippen molar-refractivity contribution < 1.29 is 13.9 Å².